The summed E-state index contributed by atoms with van der Waals surface area (Å²) >= 11 is 1.48. The number of hydrogen-bond acceptors (Lipinski definition) is 5. The molecule has 1 saturated carbocycles. The number of nitrogen functional groups attached to an aromatic ring is 1. The van der Waals surface area contributed by atoms with Crippen LogP contribution in [0.25, 0.3) is 0 Å². The first-order valence-electron chi connectivity index (χ1n) is 7.80. The summed E-state index contributed by atoms with van der Waals surface area (Å²) in [6.45, 7) is 0. The van der Waals surface area contributed by atoms with Gasteiger partial charge in [-0.2, -0.15) is 0 Å². The van der Waals surface area contributed by atoms with Gasteiger partial charge in [0, 0.05) is 11.7 Å². The summed E-state index contributed by atoms with van der Waals surface area (Å²) in [6, 6.07) is 6.91. The van der Waals surface area contributed by atoms with Crippen molar-refractivity contribution in [1.82, 2.24) is 14.9 Å². The number of carboxylic acid groups (broad SMARTS) is 1. The highest BCUT2D eigenvalue weighted by molar-refractivity contribution is 7.98. The average molecular weight is 332 g/mol. The summed E-state index contributed by atoms with van der Waals surface area (Å²) < 4.78 is 1.60. The maximum absolute atomic E-state index is 11.0. The van der Waals surface area contributed by atoms with Crippen LogP contribution >= 0.6 is 11.8 Å². The molecule has 6 nitrogen and oxygen atoms in total. The molecule has 3 N–H and O–H groups in total. The van der Waals surface area contributed by atoms with Crippen molar-refractivity contribution in [3.63, 3.8) is 0 Å². The molecule has 0 bridgehead atoms. The van der Waals surface area contributed by atoms with Gasteiger partial charge in [0.1, 0.15) is 0 Å². The predicted molar refractivity (Wildman–Crippen MR) is 89.0 cm³/mol. The van der Waals surface area contributed by atoms with Crippen LogP contribution in [0.1, 0.15) is 59.8 Å². The van der Waals surface area contributed by atoms with Crippen LogP contribution in [0.4, 0.5) is 0 Å². The lowest BCUT2D eigenvalue weighted by molar-refractivity contribution is 0.0697. The number of nitrogens with zero attached hydrogens (tertiary/aromatic N) is 3. The standard InChI is InChI=1S/C16H20N4O2S/c17-20-14(12-6-2-1-3-7-12)18-19-16(20)23-10-11-5-4-8-13(9-11)15(21)22/h4-5,8-9,12H,1-3,6-7,10,17H2,(H,21,22). The van der Waals surface area contributed by atoms with Crippen molar-refractivity contribution in [2.45, 2.75) is 48.9 Å². The van der Waals surface area contributed by atoms with Crippen molar-refractivity contribution < 1.29 is 9.90 Å². The van der Waals surface area contributed by atoms with Crippen molar-refractivity contribution in [2.75, 3.05) is 5.84 Å². The number of nitrogens with two attached hydrogens (primary N) is 1. The first-order chi connectivity index (χ1) is 11.1. The third-order valence-electron chi connectivity index (χ3n) is 4.20. The second-order valence-corrected chi connectivity index (χ2v) is 6.78. The van der Waals surface area contributed by atoms with E-state index in [0.717, 1.165) is 24.2 Å². The van der Waals surface area contributed by atoms with E-state index in [-0.39, 0.29) is 0 Å². The van der Waals surface area contributed by atoms with Crippen molar-refractivity contribution in [3.8, 4) is 0 Å². The summed E-state index contributed by atoms with van der Waals surface area (Å²) in [6.07, 6.45) is 5.99. The number of carboxylic acids is 1. The first-order valence-corrected chi connectivity index (χ1v) is 8.79. The molecule has 0 spiro atoms. The molecule has 1 aliphatic rings. The molecule has 1 aromatic carbocycles. The minimum atomic E-state index is -0.918. The Morgan fingerprint density at radius 1 is 1.30 bits per heavy atom. The molecule has 0 unspecified atom stereocenters. The first kappa shape index (κ1) is 15.9. The Hall–Kier alpha value is -2.02. The van der Waals surface area contributed by atoms with Crippen LogP contribution in [0.3, 0.4) is 0 Å². The SMILES string of the molecule is Nn1c(SCc2cccc(C(=O)O)c2)nnc1C1CCCCC1. The normalized spacial score (nSPS) is 15.7. The Labute approximate surface area is 139 Å². The molecular formula is C16H20N4O2S. The lowest BCUT2D eigenvalue weighted by Gasteiger charge is -2.20. The van der Waals surface area contributed by atoms with Gasteiger partial charge >= 0.3 is 5.97 Å². The van der Waals surface area contributed by atoms with E-state index < -0.39 is 5.97 Å². The zero-order valence-corrected chi connectivity index (χ0v) is 13.6. The molecule has 1 fully saturated rings. The van der Waals surface area contributed by atoms with Crippen LogP contribution in [0.5, 0.6) is 0 Å². The van der Waals surface area contributed by atoms with E-state index in [9.17, 15) is 4.79 Å². The predicted octanol–water partition coefficient (Wildman–Crippen LogP) is 3.03. The lowest BCUT2D eigenvalue weighted by Crippen LogP contribution is -2.18. The summed E-state index contributed by atoms with van der Waals surface area (Å²) in [5.74, 6) is 7.12. The number of thioether (sulfide) groups is 1. The number of hydrogen-bond donors (Lipinski definition) is 2. The quantitative estimate of drug-likeness (QED) is 0.645. The molecule has 0 aliphatic heterocycles. The third-order valence-corrected chi connectivity index (χ3v) is 5.22. The molecule has 0 amide bonds. The van der Waals surface area contributed by atoms with Crippen LogP contribution in [0.2, 0.25) is 0 Å². The van der Waals surface area contributed by atoms with E-state index in [0.29, 0.717) is 22.4 Å². The van der Waals surface area contributed by atoms with Crippen LogP contribution in [0, 0.1) is 0 Å². The van der Waals surface area contributed by atoms with E-state index >= 15 is 0 Å². The minimum Gasteiger partial charge on any atom is -0.478 e. The summed E-state index contributed by atoms with van der Waals surface area (Å²) in [4.78, 5) is 11.0. The highest BCUT2D eigenvalue weighted by Crippen LogP contribution is 2.32. The second-order valence-electron chi connectivity index (χ2n) is 5.84. The highest BCUT2D eigenvalue weighted by atomic mass is 32.2. The van der Waals surface area contributed by atoms with Gasteiger partial charge in [0.15, 0.2) is 5.82 Å². The number of benzene rings is 1. The number of aromatic nitrogens is 3. The Balaban J connectivity index is 1.68. The highest BCUT2D eigenvalue weighted by Gasteiger charge is 2.22. The van der Waals surface area contributed by atoms with Crippen LogP contribution < -0.4 is 5.84 Å². The third kappa shape index (κ3) is 3.67. The van der Waals surface area contributed by atoms with Crippen LogP contribution in [-0.2, 0) is 5.75 Å². The molecule has 23 heavy (non-hydrogen) atoms. The van der Waals surface area contributed by atoms with Gasteiger partial charge in [-0.15, -0.1) is 10.2 Å². The zero-order chi connectivity index (χ0) is 16.2. The van der Waals surface area contributed by atoms with Crippen molar-refractivity contribution in [2.24, 2.45) is 0 Å². The largest absolute Gasteiger partial charge is 0.478 e. The van der Waals surface area contributed by atoms with Gasteiger partial charge in [-0.05, 0) is 30.5 Å². The maximum Gasteiger partial charge on any atom is 0.335 e. The minimum absolute atomic E-state index is 0.292. The Bertz CT molecular complexity index is 695. The number of rotatable bonds is 5. The van der Waals surface area contributed by atoms with Gasteiger partial charge in [0.25, 0.3) is 0 Å². The van der Waals surface area contributed by atoms with Gasteiger partial charge < -0.3 is 10.9 Å². The van der Waals surface area contributed by atoms with E-state index in [1.165, 1.54) is 31.0 Å². The molecule has 1 aromatic heterocycles. The van der Waals surface area contributed by atoms with Gasteiger partial charge in [-0.3, -0.25) is 0 Å². The molecule has 0 radical (unpaired) electrons. The van der Waals surface area contributed by atoms with Gasteiger partial charge in [-0.25, -0.2) is 9.47 Å². The molecule has 3 rings (SSSR count). The van der Waals surface area contributed by atoms with E-state index in [4.69, 9.17) is 10.9 Å². The fourth-order valence-electron chi connectivity index (χ4n) is 2.97. The summed E-state index contributed by atoms with van der Waals surface area (Å²) in [5, 5.41) is 18.2. The fraction of sp³-hybridized carbons (Fsp3) is 0.438. The Kier molecular flexibility index (Phi) is 4.85. The molecule has 2 aromatic rings. The van der Waals surface area contributed by atoms with E-state index in [2.05, 4.69) is 10.2 Å². The number of aromatic carboxylic acids is 1. The number of carbonyl (C=O) groups is 1. The molecular weight excluding hydrogens is 312 g/mol. The molecule has 0 saturated heterocycles. The van der Waals surface area contributed by atoms with E-state index in [1.807, 2.05) is 6.07 Å². The van der Waals surface area contributed by atoms with Crippen molar-refractivity contribution >= 4 is 17.7 Å². The van der Waals surface area contributed by atoms with Gasteiger partial charge in [-0.1, -0.05) is 43.2 Å². The van der Waals surface area contributed by atoms with Crippen LogP contribution in [-0.4, -0.2) is 25.9 Å². The van der Waals surface area contributed by atoms with Crippen LogP contribution in [0.15, 0.2) is 29.4 Å². The maximum atomic E-state index is 11.0. The summed E-state index contributed by atoms with van der Waals surface area (Å²) in [7, 11) is 0. The molecule has 122 valence electrons. The Morgan fingerprint density at radius 3 is 2.83 bits per heavy atom. The monoisotopic (exact) mass is 332 g/mol. The zero-order valence-electron chi connectivity index (χ0n) is 12.8. The van der Waals surface area contributed by atoms with E-state index in [1.54, 1.807) is 22.9 Å². The fourth-order valence-corrected chi connectivity index (χ4v) is 3.77. The molecule has 0 atom stereocenters. The van der Waals surface area contributed by atoms with Gasteiger partial charge in [0.2, 0.25) is 5.16 Å². The lowest BCUT2D eigenvalue weighted by atomic mass is 9.89. The molecule has 1 heterocycles. The average Bonchev–Trinajstić information content (AvgIpc) is 2.95. The topological polar surface area (TPSA) is 94.0 Å². The van der Waals surface area contributed by atoms with Gasteiger partial charge in [0.05, 0.1) is 5.56 Å². The molecule has 7 heteroatoms. The Morgan fingerprint density at radius 2 is 2.09 bits per heavy atom. The molecule has 1 aliphatic carbocycles. The second kappa shape index (κ2) is 7.04. The summed E-state index contributed by atoms with van der Waals surface area (Å²) in [5.41, 5.74) is 1.22. The van der Waals surface area contributed by atoms with Crippen molar-refractivity contribution in [3.05, 3.63) is 41.2 Å². The smallest absolute Gasteiger partial charge is 0.335 e. The van der Waals surface area contributed by atoms with Crippen molar-refractivity contribution in [1.29, 1.82) is 0 Å².